The fourth-order valence-corrected chi connectivity index (χ4v) is 5.55. The molecule has 1 fully saturated rings. The SMILES string of the molecule is Cc1ccc(S(=O)(=O)n2ccc3c2ncc2nnc([C@@H]4CC[C@H](NC(=O)O)C4)n23)cc1. The summed E-state index contributed by atoms with van der Waals surface area (Å²) in [6.45, 7) is 1.90. The van der Waals surface area contributed by atoms with E-state index in [1.807, 2.05) is 11.3 Å². The monoisotopic (exact) mass is 440 g/mol. The molecule has 1 amide bonds. The number of carbonyl (C=O) groups is 1. The number of rotatable bonds is 4. The van der Waals surface area contributed by atoms with Crippen LogP contribution in [0.3, 0.4) is 0 Å². The zero-order valence-electron chi connectivity index (χ0n) is 16.6. The molecule has 160 valence electrons. The van der Waals surface area contributed by atoms with Crippen molar-refractivity contribution in [3.05, 3.63) is 54.1 Å². The van der Waals surface area contributed by atoms with Gasteiger partial charge in [-0.3, -0.25) is 4.40 Å². The van der Waals surface area contributed by atoms with Crippen LogP contribution in [0.1, 0.15) is 36.6 Å². The number of carboxylic acid groups (broad SMARTS) is 1. The van der Waals surface area contributed by atoms with Crippen molar-refractivity contribution in [3.63, 3.8) is 0 Å². The summed E-state index contributed by atoms with van der Waals surface area (Å²) in [6.07, 6.45) is 4.03. The normalized spacial score (nSPS) is 19.3. The summed E-state index contributed by atoms with van der Waals surface area (Å²) in [5.74, 6) is 0.692. The van der Waals surface area contributed by atoms with Gasteiger partial charge in [0.25, 0.3) is 10.0 Å². The van der Waals surface area contributed by atoms with E-state index in [0.717, 1.165) is 12.0 Å². The second-order valence-electron chi connectivity index (χ2n) is 7.80. The number of aryl methyl sites for hydroxylation is 1. The largest absolute Gasteiger partial charge is 0.465 e. The number of nitrogens with one attached hydrogen (secondary N) is 1. The molecule has 0 unspecified atom stereocenters. The minimum Gasteiger partial charge on any atom is -0.465 e. The van der Waals surface area contributed by atoms with Crippen LogP contribution in [0.25, 0.3) is 16.8 Å². The number of hydrogen-bond acceptors (Lipinski definition) is 6. The first-order valence-electron chi connectivity index (χ1n) is 9.87. The Morgan fingerprint density at radius 1 is 1.16 bits per heavy atom. The average Bonchev–Trinajstić information content (AvgIpc) is 3.44. The van der Waals surface area contributed by atoms with Gasteiger partial charge in [-0.05, 0) is 44.4 Å². The van der Waals surface area contributed by atoms with Crippen LogP contribution in [0.4, 0.5) is 4.79 Å². The average molecular weight is 440 g/mol. The van der Waals surface area contributed by atoms with Crippen molar-refractivity contribution in [2.24, 2.45) is 0 Å². The summed E-state index contributed by atoms with van der Waals surface area (Å²) >= 11 is 0. The molecule has 0 spiro atoms. The fourth-order valence-electron chi connectivity index (χ4n) is 4.26. The maximum atomic E-state index is 13.2. The van der Waals surface area contributed by atoms with E-state index < -0.39 is 16.1 Å². The Morgan fingerprint density at radius 3 is 2.68 bits per heavy atom. The van der Waals surface area contributed by atoms with Crippen LogP contribution in [-0.4, -0.2) is 49.2 Å². The molecule has 1 aliphatic rings. The summed E-state index contributed by atoms with van der Waals surface area (Å²) in [4.78, 5) is 15.5. The van der Waals surface area contributed by atoms with E-state index >= 15 is 0 Å². The van der Waals surface area contributed by atoms with Gasteiger partial charge in [-0.15, -0.1) is 10.2 Å². The molecular weight excluding hydrogens is 420 g/mol. The van der Waals surface area contributed by atoms with Crippen molar-refractivity contribution in [2.75, 3.05) is 0 Å². The Labute approximate surface area is 177 Å². The molecule has 0 saturated heterocycles. The van der Waals surface area contributed by atoms with Crippen molar-refractivity contribution in [3.8, 4) is 0 Å². The molecule has 1 aromatic carbocycles. The first kappa shape index (κ1) is 19.5. The van der Waals surface area contributed by atoms with Gasteiger partial charge in [0.15, 0.2) is 11.3 Å². The van der Waals surface area contributed by atoms with Crippen molar-refractivity contribution < 1.29 is 18.3 Å². The lowest BCUT2D eigenvalue weighted by Gasteiger charge is -2.11. The molecule has 3 aromatic heterocycles. The zero-order valence-corrected chi connectivity index (χ0v) is 17.5. The molecule has 0 aliphatic heterocycles. The standard InChI is InChI=1S/C20H20N6O4S/c1-12-2-6-15(7-3-12)31(29,30)25-9-8-16-19(25)21-11-17-23-24-18(26(16)17)13-4-5-14(10-13)22-20(27)28/h2-3,6-9,11,13-14,22H,4-5,10H2,1H3,(H,27,28)/t13-,14+/m1/s1. The van der Waals surface area contributed by atoms with E-state index in [-0.39, 0.29) is 22.5 Å². The van der Waals surface area contributed by atoms with Crippen molar-refractivity contribution in [2.45, 2.75) is 43.0 Å². The van der Waals surface area contributed by atoms with Gasteiger partial charge < -0.3 is 10.4 Å². The Balaban J connectivity index is 1.59. The number of hydrogen-bond donors (Lipinski definition) is 2. The second-order valence-corrected chi connectivity index (χ2v) is 9.62. The van der Waals surface area contributed by atoms with Crippen LogP contribution in [-0.2, 0) is 10.0 Å². The van der Waals surface area contributed by atoms with Crippen molar-refractivity contribution >= 4 is 32.9 Å². The van der Waals surface area contributed by atoms with Gasteiger partial charge in [-0.2, -0.15) is 0 Å². The van der Waals surface area contributed by atoms with Gasteiger partial charge >= 0.3 is 6.09 Å². The number of aromatic nitrogens is 5. The molecule has 2 atom stereocenters. The van der Waals surface area contributed by atoms with Gasteiger partial charge in [0, 0.05) is 18.2 Å². The molecule has 11 heteroatoms. The Morgan fingerprint density at radius 2 is 1.94 bits per heavy atom. The highest BCUT2D eigenvalue weighted by atomic mass is 32.2. The molecule has 10 nitrogen and oxygen atoms in total. The summed E-state index contributed by atoms with van der Waals surface area (Å²) in [5, 5.41) is 20.0. The molecule has 4 aromatic rings. The smallest absolute Gasteiger partial charge is 0.404 e. The van der Waals surface area contributed by atoms with E-state index in [9.17, 15) is 13.2 Å². The summed E-state index contributed by atoms with van der Waals surface area (Å²) in [7, 11) is -3.82. The van der Waals surface area contributed by atoms with Gasteiger partial charge in [0.05, 0.1) is 16.6 Å². The van der Waals surface area contributed by atoms with Gasteiger partial charge in [0.1, 0.15) is 5.82 Å². The maximum absolute atomic E-state index is 13.2. The molecule has 0 radical (unpaired) electrons. The lowest BCUT2D eigenvalue weighted by molar-refractivity contribution is 0.190. The zero-order chi connectivity index (χ0) is 21.8. The van der Waals surface area contributed by atoms with Crippen LogP contribution in [0.5, 0.6) is 0 Å². The minimum atomic E-state index is -3.82. The van der Waals surface area contributed by atoms with Crippen molar-refractivity contribution in [1.29, 1.82) is 0 Å². The Hall–Kier alpha value is -3.47. The second kappa shape index (κ2) is 7.05. The van der Waals surface area contributed by atoms with Gasteiger partial charge in [-0.1, -0.05) is 17.7 Å². The Bertz CT molecular complexity index is 1410. The molecule has 5 rings (SSSR count). The number of nitrogens with zero attached hydrogens (tertiary/aromatic N) is 5. The molecule has 3 heterocycles. The molecule has 31 heavy (non-hydrogen) atoms. The molecule has 1 aliphatic carbocycles. The van der Waals surface area contributed by atoms with Crippen LogP contribution in [0.2, 0.25) is 0 Å². The third-order valence-corrected chi connectivity index (χ3v) is 7.45. The summed E-state index contributed by atoms with van der Waals surface area (Å²) in [5.41, 5.74) is 2.36. The minimum absolute atomic E-state index is 0.00880. The lowest BCUT2D eigenvalue weighted by Crippen LogP contribution is -2.31. The first-order chi connectivity index (χ1) is 14.8. The van der Waals surface area contributed by atoms with E-state index in [4.69, 9.17) is 5.11 Å². The number of amides is 1. The highest BCUT2D eigenvalue weighted by Crippen LogP contribution is 2.35. The third kappa shape index (κ3) is 3.21. The van der Waals surface area contributed by atoms with Crippen LogP contribution in [0.15, 0.2) is 47.6 Å². The molecule has 2 N–H and O–H groups in total. The highest BCUT2D eigenvalue weighted by Gasteiger charge is 2.31. The molecular formula is C20H20N6O4S. The predicted molar refractivity (Wildman–Crippen MR) is 112 cm³/mol. The van der Waals surface area contributed by atoms with Gasteiger partial charge in [0.2, 0.25) is 0 Å². The van der Waals surface area contributed by atoms with E-state index in [1.165, 1.54) is 16.4 Å². The maximum Gasteiger partial charge on any atom is 0.404 e. The quantitative estimate of drug-likeness (QED) is 0.498. The number of benzene rings is 1. The van der Waals surface area contributed by atoms with Crippen molar-refractivity contribution in [1.82, 2.24) is 28.9 Å². The van der Waals surface area contributed by atoms with Crippen LogP contribution < -0.4 is 5.32 Å². The van der Waals surface area contributed by atoms with E-state index in [0.29, 0.717) is 29.8 Å². The fraction of sp³-hybridized carbons (Fsp3) is 0.300. The van der Waals surface area contributed by atoms with Crippen LogP contribution >= 0.6 is 0 Å². The number of fused-ring (bicyclic) bond motifs is 3. The predicted octanol–water partition coefficient (Wildman–Crippen LogP) is 2.53. The van der Waals surface area contributed by atoms with E-state index in [2.05, 4.69) is 20.5 Å². The van der Waals surface area contributed by atoms with Gasteiger partial charge in [-0.25, -0.2) is 22.2 Å². The lowest BCUT2D eigenvalue weighted by atomic mass is 10.1. The summed E-state index contributed by atoms with van der Waals surface area (Å²) in [6, 6.07) is 8.21. The Kier molecular flexibility index (Phi) is 4.43. The summed E-state index contributed by atoms with van der Waals surface area (Å²) < 4.78 is 29.4. The molecule has 0 bridgehead atoms. The van der Waals surface area contributed by atoms with Crippen LogP contribution in [0, 0.1) is 6.92 Å². The first-order valence-corrected chi connectivity index (χ1v) is 11.3. The highest BCUT2D eigenvalue weighted by molar-refractivity contribution is 7.90. The molecule has 1 saturated carbocycles. The van der Waals surface area contributed by atoms with E-state index in [1.54, 1.807) is 30.3 Å². The topological polar surface area (TPSA) is 131 Å². The third-order valence-electron chi connectivity index (χ3n) is 5.77.